The molecule has 0 spiro atoms. The van der Waals surface area contributed by atoms with E-state index >= 15 is 0 Å². The molecule has 1 unspecified atom stereocenters. The first-order chi connectivity index (χ1) is 12.3. The fourth-order valence-electron chi connectivity index (χ4n) is 2.75. The van der Waals surface area contributed by atoms with E-state index in [1.54, 1.807) is 20.8 Å². The minimum absolute atomic E-state index is 0.0168. The van der Waals surface area contributed by atoms with E-state index in [-0.39, 0.29) is 31.8 Å². The Kier molecular flexibility index (Phi) is 7.83. The number of carboxylic acid groups (broad SMARTS) is 1. The fourth-order valence-corrected chi connectivity index (χ4v) is 4.51. The lowest BCUT2D eigenvalue weighted by atomic mass is 9.98. The van der Waals surface area contributed by atoms with Gasteiger partial charge in [-0.05, 0) is 32.3 Å². The van der Waals surface area contributed by atoms with Gasteiger partial charge in [-0.15, -0.1) is 0 Å². The van der Waals surface area contributed by atoms with Crippen molar-refractivity contribution in [1.82, 2.24) is 9.62 Å². The second-order valence-corrected chi connectivity index (χ2v) is 10.8. The summed E-state index contributed by atoms with van der Waals surface area (Å²) in [5.41, 5.74) is -0.978. The smallest absolute Gasteiger partial charge is 0.404 e. The zero-order valence-corrected chi connectivity index (χ0v) is 17.6. The third kappa shape index (κ3) is 6.48. The summed E-state index contributed by atoms with van der Waals surface area (Å²) < 4.78 is 26.6. The van der Waals surface area contributed by atoms with Gasteiger partial charge in [0.15, 0.2) is 0 Å². The lowest BCUT2D eigenvalue weighted by molar-refractivity contribution is -0.0710. The molecule has 7 nitrogen and oxygen atoms in total. The number of nitrogens with one attached hydrogen (secondary N) is 1. The zero-order valence-electron chi connectivity index (χ0n) is 16.8. The van der Waals surface area contributed by atoms with Gasteiger partial charge in [-0.3, -0.25) is 0 Å². The van der Waals surface area contributed by atoms with Crippen molar-refractivity contribution in [2.24, 2.45) is 5.92 Å². The Labute approximate surface area is 162 Å². The van der Waals surface area contributed by atoms with E-state index in [9.17, 15) is 18.3 Å². The van der Waals surface area contributed by atoms with Gasteiger partial charge in [0, 0.05) is 25.9 Å². The van der Waals surface area contributed by atoms with Gasteiger partial charge in [0.05, 0.1) is 4.75 Å². The lowest BCUT2D eigenvalue weighted by Crippen LogP contribution is -2.59. The van der Waals surface area contributed by atoms with Crippen LogP contribution >= 0.6 is 0 Å². The van der Waals surface area contributed by atoms with E-state index in [2.05, 4.69) is 5.32 Å². The maximum absolute atomic E-state index is 13.3. The van der Waals surface area contributed by atoms with Gasteiger partial charge in [0.25, 0.3) is 0 Å². The average Bonchev–Trinajstić information content (AvgIpc) is 2.51. The van der Waals surface area contributed by atoms with Crippen LogP contribution in [-0.2, 0) is 16.4 Å². The van der Waals surface area contributed by atoms with Crippen LogP contribution in [0.2, 0.25) is 0 Å². The summed E-state index contributed by atoms with van der Waals surface area (Å²) in [6.07, 6.45) is -1.21. The Hall–Kier alpha value is -1.64. The third-order valence-corrected chi connectivity index (χ3v) is 6.81. The normalized spacial score (nSPS) is 15.0. The van der Waals surface area contributed by atoms with Crippen LogP contribution in [0, 0.1) is 5.92 Å². The third-order valence-electron chi connectivity index (χ3n) is 4.19. The predicted octanol–water partition coefficient (Wildman–Crippen LogP) is 2.66. The number of carbonyl (C=O) groups is 1. The Morgan fingerprint density at radius 3 is 2.19 bits per heavy atom. The zero-order chi connectivity index (χ0) is 20.9. The Morgan fingerprint density at radius 1 is 1.19 bits per heavy atom. The molecular weight excluding hydrogens is 368 g/mol. The highest BCUT2D eigenvalue weighted by molar-refractivity contribution is 7.90. The molecule has 0 aliphatic heterocycles. The topological polar surface area (TPSA) is 107 Å². The molecule has 0 saturated carbocycles. The van der Waals surface area contributed by atoms with Gasteiger partial charge < -0.3 is 15.5 Å². The molecule has 0 aromatic heterocycles. The average molecular weight is 401 g/mol. The van der Waals surface area contributed by atoms with Crippen molar-refractivity contribution >= 4 is 16.1 Å². The van der Waals surface area contributed by atoms with Crippen molar-refractivity contribution < 1.29 is 23.4 Å². The summed E-state index contributed by atoms with van der Waals surface area (Å²) in [4.78, 5) is 10.8. The van der Waals surface area contributed by atoms with Gasteiger partial charge in [-0.1, -0.05) is 44.2 Å². The summed E-state index contributed by atoms with van der Waals surface area (Å²) in [5.74, 6) is -0.0168. The van der Waals surface area contributed by atoms with Crippen LogP contribution in [0.1, 0.15) is 46.6 Å². The summed E-state index contributed by atoms with van der Waals surface area (Å²) >= 11 is 0. The molecule has 154 valence electrons. The molecule has 0 radical (unpaired) electrons. The molecule has 27 heavy (non-hydrogen) atoms. The number of nitrogens with zero attached hydrogens (tertiary/aromatic N) is 1. The van der Waals surface area contributed by atoms with E-state index in [1.807, 2.05) is 44.2 Å². The van der Waals surface area contributed by atoms with E-state index < -0.39 is 26.6 Å². The molecule has 1 aromatic rings. The van der Waals surface area contributed by atoms with Crippen molar-refractivity contribution in [3.8, 4) is 0 Å². The monoisotopic (exact) mass is 400 g/mol. The van der Waals surface area contributed by atoms with E-state index in [4.69, 9.17) is 5.11 Å². The molecule has 1 atom stereocenters. The molecule has 3 N–H and O–H groups in total. The molecule has 1 amide bonds. The minimum atomic E-state index is -3.85. The van der Waals surface area contributed by atoms with Gasteiger partial charge in [0.2, 0.25) is 10.0 Å². The van der Waals surface area contributed by atoms with Crippen LogP contribution < -0.4 is 5.32 Å². The van der Waals surface area contributed by atoms with E-state index in [1.165, 1.54) is 0 Å². The molecular formula is C19H32N2O5S. The number of hydrogen-bond donors (Lipinski definition) is 3. The molecule has 8 heteroatoms. The summed E-state index contributed by atoms with van der Waals surface area (Å²) in [6, 6.07) is 9.10. The lowest BCUT2D eigenvalue weighted by Gasteiger charge is -2.43. The fraction of sp³-hybridized carbons (Fsp3) is 0.632. The number of hydrogen-bond acceptors (Lipinski definition) is 4. The first kappa shape index (κ1) is 23.4. The number of aliphatic hydroxyl groups is 1. The molecule has 0 aliphatic rings. The first-order valence-corrected chi connectivity index (χ1v) is 10.5. The van der Waals surface area contributed by atoms with E-state index in [0.29, 0.717) is 0 Å². The minimum Gasteiger partial charge on any atom is -0.465 e. The van der Waals surface area contributed by atoms with Crippen LogP contribution in [0.25, 0.3) is 0 Å². The van der Waals surface area contributed by atoms with Crippen LogP contribution in [0.3, 0.4) is 0 Å². The number of rotatable bonds is 9. The molecule has 0 fully saturated rings. The Bertz CT molecular complexity index is 713. The molecule has 0 aliphatic carbocycles. The number of amides is 1. The molecule has 0 bridgehead atoms. The van der Waals surface area contributed by atoms with Gasteiger partial charge in [0.1, 0.15) is 5.72 Å². The van der Waals surface area contributed by atoms with Crippen molar-refractivity contribution in [3.05, 3.63) is 35.9 Å². The van der Waals surface area contributed by atoms with Crippen molar-refractivity contribution in [1.29, 1.82) is 0 Å². The standard InChI is InChI=1S/C19H32N2O5S/c1-15(2)14-21(27(25,26)18(3,4)5)19(24,11-12-20-17(22)23)13-16-9-7-6-8-10-16/h6-10,15,20,24H,11-14H2,1-5H3,(H,22,23). The number of sulfonamides is 1. The largest absolute Gasteiger partial charge is 0.465 e. The quantitative estimate of drug-likeness (QED) is 0.553. The highest BCUT2D eigenvalue weighted by atomic mass is 32.2. The second-order valence-electron chi connectivity index (χ2n) is 8.17. The maximum atomic E-state index is 13.3. The van der Waals surface area contributed by atoms with Gasteiger partial charge >= 0.3 is 6.09 Å². The van der Waals surface area contributed by atoms with Crippen LogP contribution in [-0.4, -0.2) is 52.6 Å². The summed E-state index contributed by atoms with van der Waals surface area (Å²) in [6.45, 7) is 8.60. The van der Waals surface area contributed by atoms with Crippen molar-refractivity contribution in [2.75, 3.05) is 13.1 Å². The maximum Gasteiger partial charge on any atom is 0.404 e. The molecule has 1 rings (SSSR count). The van der Waals surface area contributed by atoms with E-state index in [0.717, 1.165) is 9.87 Å². The highest BCUT2D eigenvalue weighted by Crippen LogP contribution is 2.32. The van der Waals surface area contributed by atoms with Crippen molar-refractivity contribution in [3.63, 3.8) is 0 Å². The van der Waals surface area contributed by atoms with Crippen LogP contribution in [0.5, 0.6) is 0 Å². The van der Waals surface area contributed by atoms with Gasteiger partial charge in [-0.25, -0.2) is 13.2 Å². The van der Waals surface area contributed by atoms with Crippen molar-refractivity contribution in [2.45, 2.75) is 57.9 Å². The summed E-state index contributed by atoms with van der Waals surface area (Å²) in [7, 11) is -3.85. The highest BCUT2D eigenvalue weighted by Gasteiger charge is 2.46. The molecule has 0 saturated heterocycles. The SMILES string of the molecule is CC(C)CN(C(O)(CCNC(=O)O)Cc1ccccc1)S(=O)(=O)C(C)(C)C. The summed E-state index contributed by atoms with van der Waals surface area (Å²) in [5, 5.41) is 22.6. The first-order valence-electron chi connectivity index (χ1n) is 9.05. The van der Waals surface area contributed by atoms with Crippen LogP contribution in [0.4, 0.5) is 4.79 Å². The second kappa shape index (κ2) is 9.03. The Balaban J connectivity index is 3.37. The van der Waals surface area contributed by atoms with Gasteiger partial charge in [-0.2, -0.15) is 4.31 Å². The number of benzene rings is 1. The molecule has 1 aromatic carbocycles. The predicted molar refractivity (Wildman–Crippen MR) is 106 cm³/mol. The van der Waals surface area contributed by atoms with Crippen LogP contribution in [0.15, 0.2) is 30.3 Å². The molecule has 0 heterocycles. The Morgan fingerprint density at radius 2 is 1.74 bits per heavy atom.